The molecule has 0 unspecified atom stereocenters. The average Bonchev–Trinajstić information content (AvgIpc) is 2.94. The summed E-state index contributed by atoms with van der Waals surface area (Å²) in [6.45, 7) is 9.77. The SMILES string of the molecule is C/C=C(/C)C(=O)O[C@@H]1c2c(C)coc2C(=O)[C@H]2CCC[C@H](C)[C@]21C. The Morgan fingerprint density at radius 2 is 2.12 bits per heavy atom. The highest BCUT2D eigenvalue weighted by Gasteiger charge is 2.58. The molecule has 4 nitrogen and oxygen atoms in total. The van der Waals surface area contributed by atoms with Gasteiger partial charge in [0.05, 0.1) is 6.26 Å². The molecule has 0 aliphatic heterocycles. The second-order valence-electron chi connectivity index (χ2n) is 7.53. The molecule has 1 fully saturated rings. The Morgan fingerprint density at radius 1 is 1.42 bits per heavy atom. The summed E-state index contributed by atoms with van der Waals surface area (Å²) >= 11 is 0. The smallest absolute Gasteiger partial charge is 0.334 e. The number of Topliss-reactive ketones (excluding diaryl/α,β-unsaturated/α-hetero) is 1. The van der Waals surface area contributed by atoms with Crippen LogP contribution in [-0.2, 0) is 9.53 Å². The van der Waals surface area contributed by atoms with E-state index in [0.717, 1.165) is 30.4 Å². The Hall–Kier alpha value is -1.84. The van der Waals surface area contributed by atoms with Crippen molar-refractivity contribution in [2.24, 2.45) is 17.3 Å². The van der Waals surface area contributed by atoms with Crippen molar-refractivity contribution in [1.82, 2.24) is 0 Å². The van der Waals surface area contributed by atoms with Crippen LogP contribution in [0, 0.1) is 24.2 Å². The summed E-state index contributed by atoms with van der Waals surface area (Å²) in [7, 11) is 0. The van der Waals surface area contributed by atoms with Crippen molar-refractivity contribution in [2.45, 2.75) is 60.0 Å². The van der Waals surface area contributed by atoms with Crippen LogP contribution in [0.3, 0.4) is 0 Å². The van der Waals surface area contributed by atoms with Crippen molar-refractivity contribution in [3.63, 3.8) is 0 Å². The van der Waals surface area contributed by atoms with Gasteiger partial charge in [0.15, 0.2) is 5.76 Å². The van der Waals surface area contributed by atoms with Crippen molar-refractivity contribution >= 4 is 11.8 Å². The van der Waals surface area contributed by atoms with E-state index in [1.165, 1.54) is 0 Å². The lowest BCUT2D eigenvalue weighted by Gasteiger charge is -2.51. The van der Waals surface area contributed by atoms with Gasteiger partial charge in [-0.05, 0) is 45.1 Å². The number of hydrogen-bond acceptors (Lipinski definition) is 4. The second kappa shape index (κ2) is 5.91. The third-order valence-corrected chi connectivity index (χ3v) is 6.31. The second-order valence-corrected chi connectivity index (χ2v) is 7.53. The lowest BCUT2D eigenvalue weighted by molar-refractivity contribution is -0.161. The lowest BCUT2D eigenvalue weighted by atomic mass is 9.54. The molecule has 4 heteroatoms. The fourth-order valence-electron chi connectivity index (χ4n) is 4.39. The summed E-state index contributed by atoms with van der Waals surface area (Å²) in [6.07, 6.45) is 5.82. The number of aryl methyl sites for hydroxylation is 1. The number of hydrogen-bond donors (Lipinski definition) is 0. The Labute approximate surface area is 143 Å². The van der Waals surface area contributed by atoms with Crippen molar-refractivity contribution in [1.29, 1.82) is 0 Å². The maximum absolute atomic E-state index is 13.0. The first-order valence-corrected chi connectivity index (χ1v) is 8.78. The van der Waals surface area contributed by atoms with E-state index in [4.69, 9.17) is 9.15 Å². The van der Waals surface area contributed by atoms with Gasteiger partial charge in [-0.3, -0.25) is 4.79 Å². The zero-order valence-electron chi connectivity index (χ0n) is 15.1. The average molecular weight is 330 g/mol. The molecule has 0 amide bonds. The summed E-state index contributed by atoms with van der Waals surface area (Å²) in [5.74, 6) is 0.290. The van der Waals surface area contributed by atoms with E-state index in [1.807, 2.05) is 13.8 Å². The minimum atomic E-state index is -0.438. The van der Waals surface area contributed by atoms with Crippen LogP contribution >= 0.6 is 0 Å². The minimum Gasteiger partial charge on any atom is -0.461 e. The van der Waals surface area contributed by atoms with Gasteiger partial charge in [-0.15, -0.1) is 0 Å². The Bertz CT molecular complexity index is 711. The van der Waals surface area contributed by atoms with E-state index in [-0.39, 0.29) is 23.1 Å². The third-order valence-electron chi connectivity index (χ3n) is 6.31. The van der Waals surface area contributed by atoms with E-state index in [2.05, 4.69) is 13.8 Å². The summed E-state index contributed by atoms with van der Waals surface area (Å²) in [4.78, 5) is 25.5. The van der Waals surface area contributed by atoms with E-state index in [0.29, 0.717) is 17.3 Å². The van der Waals surface area contributed by atoms with E-state index in [9.17, 15) is 9.59 Å². The number of fused-ring (bicyclic) bond motifs is 2. The fourth-order valence-corrected chi connectivity index (χ4v) is 4.39. The summed E-state index contributed by atoms with van der Waals surface area (Å²) in [5.41, 5.74) is 1.84. The molecule has 3 rings (SSSR count). The first-order valence-electron chi connectivity index (χ1n) is 8.78. The van der Waals surface area contributed by atoms with Crippen LogP contribution < -0.4 is 0 Å². The molecule has 24 heavy (non-hydrogen) atoms. The van der Waals surface area contributed by atoms with Gasteiger partial charge in [0, 0.05) is 22.5 Å². The monoisotopic (exact) mass is 330 g/mol. The van der Waals surface area contributed by atoms with Gasteiger partial charge in [-0.2, -0.15) is 0 Å². The van der Waals surface area contributed by atoms with Crippen LogP contribution in [0.4, 0.5) is 0 Å². The molecule has 1 saturated carbocycles. The Kier molecular flexibility index (Phi) is 4.18. The standard InChI is InChI=1S/C20H26O4/c1-6-11(2)19(22)24-18-15-12(3)10-23-17(15)16(21)14-9-7-8-13(4)20(14,18)5/h6,10,13-14,18H,7-9H2,1-5H3/b11-6-/t13-,14+,18+,20+/m0/s1. The number of carbonyl (C=O) groups excluding carboxylic acids is 2. The molecule has 0 aromatic carbocycles. The number of esters is 1. The maximum atomic E-state index is 13.0. The first kappa shape index (κ1) is 17.0. The number of carbonyl (C=O) groups is 2. The molecular formula is C20H26O4. The van der Waals surface area contributed by atoms with Crippen molar-refractivity contribution < 1.29 is 18.7 Å². The summed E-state index contributed by atoms with van der Waals surface area (Å²) in [6, 6.07) is 0. The molecule has 130 valence electrons. The van der Waals surface area contributed by atoms with Crippen molar-refractivity contribution in [3.8, 4) is 0 Å². The Morgan fingerprint density at radius 3 is 2.79 bits per heavy atom. The minimum absolute atomic E-state index is 0.0715. The molecule has 1 aromatic heterocycles. The molecule has 2 aliphatic carbocycles. The van der Waals surface area contributed by atoms with Crippen LogP contribution in [0.5, 0.6) is 0 Å². The van der Waals surface area contributed by atoms with Gasteiger partial charge in [0.25, 0.3) is 0 Å². The molecule has 0 spiro atoms. The third kappa shape index (κ3) is 2.27. The molecule has 1 heterocycles. The predicted octanol–water partition coefficient (Wildman–Crippen LogP) is 4.78. The highest BCUT2D eigenvalue weighted by Crippen LogP contribution is 2.59. The van der Waals surface area contributed by atoms with Gasteiger partial charge < -0.3 is 9.15 Å². The van der Waals surface area contributed by atoms with E-state index >= 15 is 0 Å². The van der Waals surface area contributed by atoms with Crippen LogP contribution in [0.15, 0.2) is 22.3 Å². The molecule has 1 aromatic rings. The predicted molar refractivity (Wildman–Crippen MR) is 90.7 cm³/mol. The van der Waals surface area contributed by atoms with Crippen LogP contribution in [0.2, 0.25) is 0 Å². The van der Waals surface area contributed by atoms with E-state index < -0.39 is 6.10 Å². The highest BCUT2D eigenvalue weighted by molar-refractivity contribution is 5.99. The first-order chi connectivity index (χ1) is 11.3. The quantitative estimate of drug-likeness (QED) is 0.578. The number of ketones is 1. The topological polar surface area (TPSA) is 56.5 Å². The van der Waals surface area contributed by atoms with Gasteiger partial charge >= 0.3 is 5.97 Å². The molecule has 0 radical (unpaired) electrons. The molecule has 0 bridgehead atoms. The van der Waals surface area contributed by atoms with Gasteiger partial charge in [0.1, 0.15) is 6.10 Å². The van der Waals surface area contributed by atoms with Crippen LogP contribution in [0.25, 0.3) is 0 Å². The molecule has 0 N–H and O–H groups in total. The number of ether oxygens (including phenoxy) is 1. The van der Waals surface area contributed by atoms with Crippen LogP contribution in [0.1, 0.15) is 74.7 Å². The maximum Gasteiger partial charge on any atom is 0.334 e. The largest absolute Gasteiger partial charge is 0.461 e. The summed E-state index contributed by atoms with van der Waals surface area (Å²) < 4.78 is 11.6. The molecule has 0 saturated heterocycles. The van der Waals surface area contributed by atoms with Gasteiger partial charge in [0.2, 0.25) is 5.78 Å². The lowest BCUT2D eigenvalue weighted by Crippen LogP contribution is -2.50. The van der Waals surface area contributed by atoms with Gasteiger partial charge in [-0.25, -0.2) is 4.79 Å². The van der Waals surface area contributed by atoms with Crippen molar-refractivity contribution in [2.75, 3.05) is 0 Å². The molecular weight excluding hydrogens is 304 g/mol. The zero-order chi connectivity index (χ0) is 17.6. The Balaban J connectivity index is 2.14. The number of rotatable bonds is 2. The van der Waals surface area contributed by atoms with E-state index in [1.54, 1.807) is 19.3 Å². The number of allylic oxidation sites excluding steroid dienone is 1. The normalized spacial score (nSPS) is 33.0. The van der Waals surface area contributed by atoms with Crippen LogP contribution in [-0.4, -0.2) is 11.8 Å². The van der Waals surface area contributed by atoms with Crippen molar-refractivity contribution in [3.05, 3.63) is 34.8 Å². The number of furan rings is 1. The molecule has 2 aliphatic rings. The highest BCUT2D eigenvalue weighted by atomic mass is 16.5. The zero-order valence-corrected chi connectivity index (χ0v) is 15.1. The summed E-state index contributed by atoms with van der Waals surface area (Å²) in [5, 5.41) is 0. The fraction of sp³-hybridized carbons (Fsp3) is 0.600. The van der Waals surface area contributed by atoms with Gasteiger partial charge in [-0.1, -0.05) is 26.3 Å². The molecule has 4 atom stereocenters.